The van der Waals surface area contributed by atoms with Crippen molar-refractivity contribution in [2.45, 2.75) is 19.3 Å². The van der Waals surface area contributed by atoms with Crippen LogP contribution in [0.5, 0.6) is 0 Å². The number of nitrogens with zero attached hydrogens (tertiary/aromatic N) is 1. The number of hydrogen-bond donors (Lipinski definition) is 1. The van der Waals surface area contributed by atoms with Crippen molar-refractivity contribution < 1.29 is 18.0 Å². The van der Waals surface area contributed by atoms with Gasteiger partial charge in [-0.3, -0.25) is 0 Å². The third-order valence-corrected chi connectivity index (χ3v) is 0.880. The summed E-state index contributed by atoms with van der Waals surface area (Å²) in [5, 5.41) is 0. The molecule has 0 amide bonds. The Balaban J connectivity index is 2.67. The Bertz CT molecular complexity index is 164. The molecule has 0 aromatic heterocycles. The van der Waals surface area contributed by atoms with Crippen LogP contribution in [0.1, 0.15) is 6.92 Å². The van der Waals surface area contributed by atoms with Crippen molar-refractivity contribution in [3.63, 3.8) is 0 Å². The van der Waals surface area contributed by atoms with Gasteiger partial charge in [0, 0.05) is 0 Å². The second-order valence-corrected chi connectivity index (χ2v) is 1.83. The van der Waals surface area contributed by atoms with Gasteiger partial charge in [0.25, 0.3) is 0 Å². The molecule has 1 rings (SSSR count). The van der Waals surface area contributed by atoms with Gasteiger partial charge in [0.1, 0.15) is 6.17 Å². The Morgan fingerprint density at radius 3 is 2.40 bits per heavy atom. The van der Waals surface area contributed by atoms with Crippen LogP contribution in [-0.2, 0) is 4.84 Å². The standard InChI is InChI=1S/C4H5F3N2O/c1-2-8-3(10-9-2)4(5,6)7/h2,9H,1H3. The summed E-state index contributed by atoms with van der Waals surface area (Å²) in [6.45, 7) is 1.46. The quantitative estimate of drug-likeness (QED) is 0.560. The molecule has 10 heavy (non-hydrogen) atoms. The lowest BCUT2D eigenvalue weighted by atomic mass is 10.6. The second kappa shape index (κ2) is 2.12. The summed E-state index contributed by atoms with van der Waals surface area (Å²) in [5.74, 6) is -1.21. The van der Waals surface area contributed by atoms with Gasteiger partial charge < -0.3 is 4.84 Å². The minimum atomic E-state index is -4.47. The van der Waals surface area contributed by atoms with Crippen molar-refractivity contribution in [1.82, 2.24) is 5.48 Å². The lowest BCUT2D eigenvalue weighted by Gasteiger charge is -2.02. The summed E-state index contributed by atoms with van der Waals surface area (Å²) in [7, 11) is 0. The molecule has 0 radical (unpaired) electrons. The highest BCUT2D eigenvalue weighted by Crippen LogP contribution is 2.20. The number of hydroxylamine groups is 1. The van der Waals surface area contributed by atoms with E-state index >= 15 is 0 Å². The first kappa shape index (κ1) is 7.33. The second-order valence-electron chi connectivity index (χ2n) is 1.83. The predicted molar refractivity (Wildman–Crippen MR) is 27.2 cm³/mol. The van der Waals surface area contributed by atoms with E-state index in [0.29, 0.717) is 0 Å². The van der Waals surface area contributed by atoms with Crippen LogP contribution in [-0.4, -0.2) is 18.2 Å². The number of hydrogen-bond acceptors (Lipinski definition) is 3. The van der Waals surface area contributed by atoms with Gasteiger partial charge >= 0.3 is 12.1 Å². The van der Waals surface area contributed by atoms with Crippen LogP contribution in [0.3, 0.4) is 0 Å². The monoisotopic (exact) mass is 154 g/mol. The molecular weight excluding hydrogens is 149 g/mol. The highest BCUT2D eigenvalue weighted by molar-refractivity contribution is 5.82. The van der Waals surface area contributed by atoms with Crippen molar-refractivity contribution in [2.75, 3.05) is 0 Å². The maximum Gasteiger partial charge on any atom is 0.470 e. The molecule has 0 aliphatic carbocycles. The van der Waals surface area contributed by atoms with E-state index in [-0.39, 0.29) is 0 Å². The van der Waals surface area contributed by atoms with E-state index in [9.17, 15) is 13.2 Å². The predicted octanol–water partition coefficient (Wildman–Crippen LogP) is 0.828. The molecule has 1 aliphatic rings. The Labute approximate surface area is 54.8 Å². The van der Waals surface area contributed by atoms with Gasteiger partial charge in [-0.25, -0.2) is 4.99 Å². The lowest BCUT2D eigenvalue weighted by molar-refractivity contribution is -0.0806. The average molecular weight is 154 g/mol. The molecule has 0 saturated heterocycles. The summed E-state index contributed by atoms with van der Waals surface area (Å²) in [4.78, 5) is 7.12. The molecule has 6 heteroatoms. The summed E-state index contributed by atoms with van der Waals surface area (Å²) in [6, 6.07) is 0. The molecule has 1 atom stereocenters. The highest BCUT2D eigenvalue weighted by Gasteiger charge is 2.41. The van der Waals surface area contributed by atoms with Crippen LogP contribution in [0.4, 0.5) is 13.2 Å². The molecule has 0 aromatic carbocycles. The number of nitrogens with one attached hydrogen (secondary N) is 1. The van der Waals surface area contributed by atoms with Crippen LogP contribution in [0.2, 0.25) is 0 Å². The van der Waals surface area contributed by atoms with E-state index in [1.54, 1.807) is 0 Å². The van der Waals surface area contributed by atoms with Gasteiger partial charge in [0.15, 0.2) is 0 Å². The van der Waals surface area contributed by atoms with Gasteiger partial charge in [-0.05, 0) is 6.92 Å². The number of rotatable bonds is 0. The van der Waals surface area contributed by atoms with E-state index in [1.165, 1.54) is 6.92 Å². The van der Waals surface area contributed by atoms with E-state index < -0.39 is 18.2 Å². The van der Waals surface area contributed by atoms with Gasteiger partial charge in [0.2, 0.25) is 0 Å². The number of aliphatic imine (C=N–C) groups is 1. The van der Waals surface area contributed by atoms with E-state index in [0.717, 1.165) is 0 Å². The molecule has 1 unspecified atom stereocenters. The molecular formula is C4H5F3N2O. The normalized spacial score (nSPS) is 26.0. The summed E-state index contributed by atoms with van der Waals surface area (Å²) in [5.41, 5.74) is 2.05. The lowest BCUT2D eigenvalue weighted by Crippen LogP contribution is -2.26. The van der Waals surface area contributed by atoms with Crippen LogP contribution in [0.25, 0.3) is 0 Å². The average Bonchev–Trinajstić information content (AvgIpc) is 2.11. The Hall–Kier alpha value is -0.780. The molecule has 0 fully saturated rings. The Morgan fingerprint density at radius 2 is 2.20 bits per heavy atom. The topological polar surface area (TPSA) is 33.6 Å². The summed E-state index contributed by atoms with van der Waals surface area (Å²) >= 11 is 0. The zero-order valence-electron chi connectivity index (χ0n) is 5.07. The maximum absolute atomic E-state index is 11.6. The molecule has 0 spiro atoms. The Kier molecular flexibility index (Phi) is 1.55. The first-order valence-corrected chi connectivity index (χ1v) is 2.57. The fourth-order valence-electron chi connectivity index (χ4n) is 0.501. The molecule has 0 bridgehead atoms. The van der Waals surface area contributed by atoms with Gasteiger partial charge in [0.05, 0.1) is 0 Å². The fraction of sp³-hybridized carbons (Fsp3) is 0.750. The minimum Gasteiger partial charge on any atom is -0.381 e. The molecule has 1 heterocycles. The smallest absolute Gasteiger partial charge is 0.381 e. The maximum atomic E-state index is 11.6. The zero-order valence-corrected chi connectivity index (χ0v) is 5.07. The highest BCUT2D eigenvalue weighted by atomic mass is 19.4. The SMILES string of the molecule is CC1N=C(C(F)(F)F)ON1. The summed E-state index contributed by atoms with van der Waals surface area (Å²) in [6.07, 6.45) is -5.09. The summed E-state index contributed by atoms with van der Waals surface area (Å²) < 4.78 is 34.9. The van der Waals surface area contributed by atoms with Crippen LogP contribution in [0, 0.1) is 0 Å². The van der Waals surface area contributed by atoms with Crippen molar-refractivity contribution in [3.8, 4) is 0 Å². The van der Waals surface area contributed by atoms with Crippen LogP contribution >= 0.6 is 0 Å². The van der Waals surface area contributed by atoms with Crippen LogP contribution < -0.4 is 5.48 Å². The third kappa shape index (κ3) is 1.38. The van der Waals surface area contributed by atoms with Gasteiger partial charge in [-0.15, -0.1) is 5.48 Å². The largest absolute Gasteiger partial charge is 0.470 e. The van der Waals surface area contributed by atoms with Crippen molar-refractivity contribution in [3.05, 3.63) is 0 Å². The van der Waals surface area contributed by atoms with E-state index in [1.807, 2.05) is 0 Å². The van der Waals surface area contributed by atoms with Crippen molar-refractivity contribution in [1.29, 1.82) is 0 Å². The Morgan fingerprint density at radius 1 is 1.60 bits per heavy atom. The molecule has 3 nitrogen and oxygen atoms in total. The first-order valence-electron chi connectivity index (χ1n) is 2.57. The fourth-order valence-corrected chi connectivity index (χ4v) is 0.501. The molecule has 1 N–H and O–H groups in total. The van der Waals surface area contributed by atoms with E-state index in [2.05, 4.69) is 15.3 Å². The van der Waals surface area contributed by atoms with Crippen LogP contribution in [0.15, 0.2) is 4.99 Å². The third-order valence-electron chi connectivity index (χ3n) is 0.880. The van der Waals surface area contributed by atoms with E-state index in [4.69, 9.17) is 0 Å². The van der Waals surface area contributed by atoms with Gasteiger partial charge in [-0.1, -0.05) is 0 Å². The van der Waals surface area contributed by atoms with Crippen molar-refractivity contribution in [2.24, 2.45) is 4.99 Å². The van der Waals surface area contributed by atoms with Gasteiger partial charge in [-0.2, -0.15) is 13.2 Å². The molecule has 1 aliphatic heterocycles. The minimum absolute atomic E-state index is 0.614. The zero-order chi connectivity index (χ0) is 7.78. The van der Waals surface area contributed by atoms with Crippen molar-refractivity contribution >= 4 is 5.90 Å². The molecule has 0 saturated carbocycles. The first-order chi connectivity index (χ1) is 4.50. The number of alkyl halides is 3. The number of halogens is 3. The molecule has 58 valence electrons. The molecule has 0 aromatic rings.